The van der Waals surface area contributed by atoms with Crippen molar-refractivity contribution in [3.05, 3.63) is 35.5 Å². The maximum absolute atomic E-state index is 9.15. The average molecular weight is 277 g/mol. The second-order valence-electron chi connectivity index (χ2n) is 4.53. The van der Waals surface area contributed by atoms with Gasteiger partial charge in [0.25, 0.3) is 0 Å². The Morgan fingerprint density at radius 3 is 3.05 bits per heavy atom. The first-order valence-electron chi connectivity index (χ1n) is 6.50. The maximum Gasteiger partial charge on any atom is 0.142 e. The first-order valence-corrected chi connectivity index (χ1v) is 7.38. The lowest BCUT2D eigenvalue weighted by Gasteiger charge is -2.04. The maximum atomic E-state index is 9.15. The minimum Gasteiger partial charge on any atom is -0.393 e. The lowest BCUT2D eigenvalue weighted by Crippen LogP contribution is -2.16. The van der Waals surface area contributed by atoms with Crippen LogP contribution in [0.4, 0.5) is 0 Å². The Kier molecular flexibility index (Phi) is 5.44. The van der Waals surface area contributed by atoms with Crippen LogP contribution in [-0.4, -0.2) is 27.7 Å². The van der Waals surface area contributed by atoms with Crippen LogP contribution < -0.4 is 5.32 Å². The lowest BCUT2D eigenvalue weighted by atomic mass is 10.2. The molecule has 2 heterocycles. The summed E-state index contributed by atoms with van der Waals surface area (Å²) in [6.45, 7) is 3.49. The number of pyridine rings is 1. The molecule has 2 aromatic rings. The molecule has 19 heavy (non-hydrogen) atoms. The lowest BCUT2D eigenvalue weighted by molar-refractivity contribution is 0.181. The van der Waals surface area contributed by atoms with Gasteiger partial charge in [-0.2, -0.15) is 0 Å². The highest BCUT2D eigenvalue weighted by Gasteiger charge is 2.05. The summed E-state index contributed by atoms with van der Waals surface area (Å²) in [6.07, 6.45) is 3.39. The van der Waals surface area contributed by atoms with Gasteiger partial charge in [-0.3, -0.25) is 4.98 Å². The van der Waals surface area contributed by atoms with Gasteiger partial charge in [0, 0.05) is 18.1 Å². The van der Waals surface area contributed by atoms with Crippen LogP contribution in [0.3, 0.4) is 0 Å². The number of nitrogens with one attached hydrogen (secondary N) is 1. The zero-order chi connectivity index (χ0) is 13.5. The van der Waals surface area contributed by atoms with Crippen molar-refractivity contribution in [1.29, 1.82) is 0 Å². The molecule has 0 amide bonds. The number of aromatic nitrogens is 2. The smallest absolute Gasteiger partial charge is 0.142 e. The zero-order valence-corrected chi connectivity index (χ0v) is 11.9. The van der Waals surface area contributed by atoms with E-state index >= 15 is 0 Å². The fourth-order valence-corrected chi connectivity index (χ4v) is 2.53. The molecule has 0 aliphatic rings. The molecule has 1 atom stereocenters. The van der Waals surface area contributed by atoms with Gasteiger partial charge in [-0.1, -0.05) is 6.07 Å². The number of hydrogen-bond donors (Lipinski definition) is 2. The highest BCUT2D eigenvalue weighted by atomic mass is 32.1. The fourth-order valence-electron chi connectivity index (χ4n) is 1.73. The topological polar surface area (TPSA) is 58.0 Å². The summed E-state index contributed by atoms with van der Waals surface area (Å²) in [5.74, 6) is 0. The molecule has 1 unspecified atom stereocenters. The van der Waals surface area contributed by atoms with Crippen molar-refractivity contribution < 1.29 is 5.11 Å². The summed E-state index contributed by atoms with van der Waals surface area (Å²) in [5.41, 5.74) is 1.97. The van der Waals surface area contributed by atoms with Crippen molar-refractivity contribution in [1.82, 2.24) is 15.3 Å². The van der Waals surface area contributed by atoms with E-state index in [-0.39, 0.29) is 6.10 Å². The molecular weight excluding hydrogens is 258 g/mol. The van der Waals surface area contributed by atoms with Gasteiger partial charge in [0.05, 0.1) is 17.5 Å². The third-order valence-corrected chi connectivity index (χ3v) is 3.63. The molecule has 2 aromatic heterocycles. The van der Waals surface area contributed by atoms with E-state index in [1.54, 1.807) is 17.5 Å². The Balaban J connectivity index is 1.78. The number of aliphatic hydroxyl groups excluding tert-OH is 1. The van der Waals surface area contributed by atoms with Crippen LogP contribution in [0.5, 0.6) is 0 Å². The van der Waals surface area contributed by atoms with Crippen LogP contribution in [0, 0.1) is 0 Å². The Morgan fingerprint density at radius 1 is 1.42 bits per heavy atom. The van der Waals surface area contributed by atoms with E-state index in [1.165, 1.54) is 0 Å². The van der Waals surface area contributed by atoms with Gasteiger partial charge in [0.15, 0.2) is 0 Å². The molecule has 0 saturated heterocycles. The molecule has 5 heteroatoms. The average Bonchev–Trinajstić information content (AvgIpc) is 2.88. The van der Waals surface area contributed by atoms with E-state index in [4.69, 9.17) is 5.11 Å². The highest BCUT2D eigenvalue weighted by Crippen LogP contribution is 2.21. The molecule has 0 aliphatic carbocycles. The molecule has 0 radical (unpaired) electrons. The molecule has 0 fully saturated rings. The molecule has 0 saturated carbocycles. The van der Waals surface area contributed by atoms with E-state index in [0.717, 1.165) is 42.3 Å². The zero-order valence-electron chi connectivity index (χ0n) is 11.0. The second kappa shape index (κ2) is 7.33. The standard InChI is InChI=1S/C14H19N3OS/c1-11(18)5-4-7-15-9-12-10-19-14(17-12)13-6-2-3-8-16-13/h2-3,6,8,10-11,15,18H,4-5,7,9H2,1H3. The molecule has 2 rings (SSSR count). The number of aliphatic hydroxyl groups is 1. The Labute approximate surface area is 117 Å². The highest BCUT2D eigenvalue weighted by molar-refractivity contribution is 7.13. The number of rotatable bonds is 7. The third-order valence-electron chi connectivity index (χ3n) is 2.72. The quantitative estimate of drug-likeness (QED) is 0.763. The van der Waals surface area contributed by atoms with Crippen molar-refractivity contribution in [3.63, 3.8) is 0 Å². The summed E-state index contributed by atoms with van der Waals surface area (Å²) in [6, 6.07) is 5.85. The van der Waals surface area contributed by atoms with Crippen molar-refractivity contribution in [3.8, 4) is 10.7 Å². The predicted molar refractivity (Wildman–Crippen MR) is 78.0 cm³/mol. The minimum atomic E-state index is -0.211. The predicted octanol–water partition coefficient (Wildman–Crippen LogP) is 2.46. The summed E-state index contributed by atoms with van der Waals surface area (Å²) in [7, 11) is 0. The third kappa shape index (κ3) is 4.70. The molecular formula is C14H19N3OS. The first kappa shape index (κ1) is 14.1. The summed E-state index contributed by atoms with van der Waals surface area (Å²) >= 11 is 1.62. The van der Waals surface area contributed by atoms with Crippen LogP contribution in [0.2, 0.25) is 0 Å². The molecule has 0 spiro atoms. The molecule has 0 bridgehead atoms. The SMILES string of the molecule is CC(O)CCCNCc1csc(-c2ccccn2)n1. The van der Waals surface area contributed by atoms with Gasteiger partial charge < -0.3 is 10.4 Å². The van der Waals surface area contributed by atoms with Gasteiger partial charge in [-0.15, -0.1) is 11.3 Å². The molecule has 0 aromatic carbocycles. The van der Waals surface area contributed by atoms with Gasteiger partial charge in [0.1, 0.15) is 5.01 Å². The minimum absolute atomic E-state index is 0.211. The van der Waals surface area contributed by atoms with Crippen LogP contribution in [0.1, 0.15) is 25.5 Å². The number of nitrogens with zero attached hydrogens (tertiary/aromatic N) is 2. The summed E-state index contributed by atoms with van der Waals surface area (Å²) < 4.78 is 0. The van der Waals surface area contributed by atoms with Gasteiger partial charge in [0.2, 0.25) is 0 Å². The van der Waals surface area contributed by atoms with Crippen LogP contribution in [0.25, 0.3) is 10.7 Å². The number of thiazole rings is 1. The Morgan fingerprint density at radius 2 is 2.32 bits per heavy atom. The van der Waals surface area contributed by atoms with Gasteiger partial charge in [-0.05, 0) is 38.4 Å². The fraction of sp³-hybridized carbons (Fsp3) is 0.429. The van der Waals surface area contributed by atoms with Crippen LogP contribution >= 0.6 is 11.3 Å². The molecule has 102 valence electrons. The summed E-state index contributed by atoms with van der Waals surface area (Å²) in [5, 5.41) is 15.5. The van der Waals surface area contributed by atoms with Crippen molar-refractivity contribution in [2.24, 2.45) is 0 Å². The van der Waals surface area contributed by atoms with E-state index in [9.17, 15) is 0 Å². The second-order valence-corrected chi connectivity index (χ2v) is 5.39. The van der Waals surface area contributed by atoms with Crippen molar-refractivity contribution in [2.75, 3.05) is 6.54 Å². The molecule has 2 N–H and O–H groups in total. The van der Waals surface area contributed by atoms with Crippen LogP contribution in [0.15, 0.2) is 29.8 Å². The molecule has 0 aliphatic heterocycles. The van der Waals surface area contributed by atoms with Gasteiger partial charge >= 0.3 is 0 Å². The van der Waals surface area contributed by atoms with Crippen molar-refractivity contribution >= 4 is 11.3 Å². The van der Waals surface area contributed by atoms with E-state index in [0.29, 0.717) is 0 Å². The van der Waals surface area contributed by atoms with E-state index in [1.807, 2.05) is 25.1 Å². The molecule has 4 nitrogen and oxygen atoms in total. The Hall–Kier alpha value is -1.30. The monoisotopic (exact) mass is 277 g/mol. The first-order chi connectivity index (χ1) is 9.25. The van der Waals surface area contributed by atoms with Gasteiger partial charge in [-0.25, -0.2) is 4.98 Å². The van der Waals surface area contributed by atoms with E-state index in [2.05, 4.69) is 20.7 Å². The number of hydrogen-bond acceptors (Lipinski definition) is 5. The van der Waals surface area contributed by atoms with E-state index < -0.39 is 0 Å². The Bertz CT molecular complexity index is 484. The van der Waals surface area contributed by atoms with Crippen molar-refractivity contribution in [2.45, 2.75) is 32.4 Å². The largest absolute Gasteiger partial charge is 0.393 e. The normalized spacial score (nSPS) is 12.5. The summed E-state index contributed by atoms with van der Waals surface area (Å²) in [4.78, 5) is 8.85. The van der Waals surface area contributed by atoms with Crippen LogP contribution in [-0.2, 0) is 6.54 Å².